The first-order valence-electron chi connectivity index (χ1n) is 10.6. The van der Waals surface area contributed by atoms with Crippen LogP contribution >= 0.6 is 0 Å². The summed E-state index contributed by atoms with van der Waals surface area (Å²) in [5.74, 6) is 1.66. The first kappa shape index (κ1) is 19.5. The van der Waals surface area contributed by atoms with Crippen molar-refractivity contribution in [2.45, 2.75) is 12.5 Å². The molecule has 0 amide bonds. The Kier molecular flexibility index (Phi) is 5.25. The first-order valence-corrected chi connectivity index (χ1v) is 10.6. The fourth-order valence-electron chi connectivity index (χ4n) is 4.01. The van der Waals surface area contributed by atoms with E-state index in [0.29, 0.717) is 6.54 Å². The van der Waals surface area contributed by atoms with E-state index in [0.717, 1.165) is 60.4 Å². The van der Waals surface area contributed by atoms with Crippen LogP contribution in [0.25, 0.3) is 0 Å². The summed E-state index contributed by atoms with van der Waals surface area (Å²) in [4.78, 5) is 18.4. The maximum absolute atomic E-state index is 4.92. The van der Waals surface area contributed by atoms with Gasteiger partial charge in [-0.2, -0.15) is 5.10 Å². The van der Waals surface area contributed by atoms with E-state index in [2.05, 4.69) is 55.1 Å². The highest BCUT2D eigenvalue weighted by molar-refractivity contribution is 6.42. The average molecular weight is 418 g/mol. The van der Waals surface area contributed by atoms with Crippen LogP contribution in [0.4, 0.5) is 11.4 Å². The number of nitrogens with zero attached hydrogens (tertiary/aromatic N) is 7. The molecule has 0 fully saturated rings. The molecule has 0 bridgehead atoms. The van der Waals surface area contributed by atoms with Crippen molar-refractivity contribution < 1.29 is 0 Å². The second-order valence-corrected chi connectivity index (χ2v) is 7.86. The van der Waals surface area contributed by atoms with Crippen molar-refractivity contribution >= 4 is 29.4 Å². The van der Waals surface area contributed by atoms with Crippen molar-refractivity contribution in [3.8, 4) is 0 Å². The van der Waals surface area contributed by atoms with Crippen molar-refractivity contribution in [3.05, 3.63) is 54.1 Å². The zero-order chi connectivity index (χ0) is 21.2. The summed E-state index contributed by atoms with van der Waals surface area (Å²) in [6, 6.07) is 8.39. The molecule has 3 aliphatic heterocycles. The average Bonchev–Trinajstić information content (AvgIpc) is 3.53. The van der Waals surface area contributed by atoms with Gasteiger partial charge in [-0.1, -0.05) is 0 Å². The summed E-state index contributed by atoms with van der Waals surface area (Å²) in [6.07, 6.45) is 8.92. The van der Waals surface area contributed by atoms with Crippen LogP contribution in [0.1, 0.15) is 18.0 Å². The van der Waals surface area contributed by atoms with E-state index in [1.807, 2.05) is 43.4 Å². The molecule has 0 saturated heterocycles. The minimum Gasteiger partial charge on any atom is -0.339 e. The third-order valence-corrected chi connectivity index (χ3v) is 5.65. The second kappa shape index (κ2) is 8.35. The maximum Gasteiger partial charge on any atom is 0.174 e. The van der Waals surface area contributed by atoms with Gasteiger partial charge in [0.2, 0.25) is 0 Å². The topological polar surface area (TPSA) is 85.4 Å². The van der Waals surface area contributed by atoms with Gasteiger partial charge in [-0.15, -0.1) is 0 Å². The fraction of sp³-hybridized carbons (Fsp3) is 0.364. The van der Waals surface area contributed by atoms with Crippen molar-refractivity contribution in [3.63, 3.8) is 0 Å². The van der Waals surface area contributed by atoms with Gasteiger partial charge in [0, 0.05) is 55.9 Å². The van der Waals surface area contributed by atoms with Gasteiger partial charge in [0.25, 0.3) is 0 Å². The Morgan fingerprint density at radius 3 is 2.84 bits per heavy atom. The molecule has 0 radical (unpaired) electrons. The molecule has 3 aliphatic rings. The number of anilines is 1. The molecule has 1 aromatic heterocycles. The first-order chi connectivity index (χ1) is 15.2. The number of rotatable bonds is 6. The monoisotopic (exact) mass is 417 g/mol. The zero-order valence-electron chi connectivity index (χ0n) is 17.9. The number of benzene rings is 1. The van der Waals surface area contributed by atoms with E-state index in [1.165, 1.54) is 0 Å². The highest BCUT2D eigenvalue weighted by Crippen LogP contribution is 2.30. The quantitative estimate of drug-likeness (QED) is 0.749. The molecule has 1 unspecified atom stereocenters. The van der Waals surface area contributed by atoms with Crippen LogP contribution in [-0.4, -0.2) is 65.9 Å². The van der Waals surface area contributed by atoms with E-state index in [1.54, 1.807) is 0 Å². The highest BCUT2D eigenvalue weighted by atomic mass is 15.3. The lowest BCUT2D eigenvalue weighted by Crippen LogP contribution is -2.44. The minimum absolute atomic E-state index is 0.136. The highest BCUT2D eigenvalue weighted by Gasteiger charge is 2.34. The summed E-state index contributed by atoms with van der Waals surface area (Å²) in [6.45, 7) is 3.35. The van der Waals surface area contributed by atoms with Crippen molar-refractivity contribution in [1.82, 2.24) is 25.3 Å². The zero-order valence-corrected chi connectivity index (χ0v) is 17.9. The Balaban J connectivity index is 1.43. The minimum atomic E-state index is 0.136. The number of fused-ring (bicyclic) bond motifs is 1. The number of aryl methyl sites for hydroxylation is 1. The van der Waals surface area contributed by atoms with Crippen LogP contribution in [0.2, 0.25) is 0 Å². The SMILES string of the molecule is CNCCC1=CN2C(=NCC2c2cnn(C)c2)C(=Nc2ccc(N3C=NCC3)cc2)N1. The van der Waals surface area contributed by atoms with E-state index in [-0.39, 0.29) is 6.04 Å². The fourth-order valence-corrected chi connectivity index (χ4v) is 4.01. The molecule has 1 atom stereocenters. The van der Waals surface area contributed by atoms with Gasteiger partial charge in [0.1, 0.15) is 0 Å². The molecule has 5 rings (SSSR count). The van der Waals surface area contributed by atoms with Crippen molar-refractivity contribution in [2.24, 2.45) is 22.0 Å². The predicted octanol–water partition coefficient (Wildman–Crippen LogP) is 1.81. The van der Waals surface area contributed by atoms with Gasteiger partial charge in [-0.05, 0) is 31.3 Å². The van der Waals surface area contributed by atoms with Gasteiger partial charge in [-0.3, -0.25) is 14.7 Å². The molecule has 31 heavy (non-hydrogen) atoms. The Bertz CT molecular complexity index is 1060. The van der Waals surface area contributed by atoms with Crippen molar-refractivity contribution in [2.75, 3.05) is 38.1 Å². The lowest BCUT2D eigenvalue weighted by molar-refractivity contribution is 0.449. The molecular weight excluding hydrogens is 390 g/mol. The lowest BCUT2D eigenvalue weighted by atomic mass is 10.1. The summed E-state index contributed by atoms with van der Waals surface area (Å²) >= 11 is 0. The normalized spacial score (nSPS) is 21.4. The third-order valence-electron chi connectivity index (χ3n) is 5.65. The molecular formula is C22H27N9. The van der Waals surface area contributed by atoms with Gasteiger partial charge in [0.05, 0.1) is 37.4 Å². The van der Waals surface area contributed by atoms with Gasteiger partial charge in [-0.25, -0.2) is 4.99 Å². The van der Waals surface area contributed by atoms with E-state index < -0.39 is 0 Å². The number of hydrogen-bond acceptors (Lipinski definition) is 7. The van der Waals surface area contributed by atoms with Gasteiger partial charge < -0.3 is 20.4 Å². The molecule has 1 aromatic carbocycles. The van der Waals surface area contributed by atoms with Crippen LogP contribution in [0, 0.1) is 0 Å². The standard InChI is InChI=1S/C22H27N9/c1-23-8-7-18-14-31-20(16-11-26-29(2)13-16)12-25-22(31)21(28-18)27-17-3-5-19(6-4-17)30-10-9-24-15-30/h3-6,11,13-15,20,23H,7-10,12H2,1-2H3,(H,27,28). The molecule has 0 aliphatic carbocycles. The molecule has 4 heterocycles. The summed E-state index contributed by atoms with van der Waals surface area (Å²) < 4.78 is 1.84. The van der Waals surface area contributed by atoms with Gasteiger partial charge in [0.15, 0.2) is 11.7 Å². The molecule has 2 N–H and O–H groups in total. The maximum atomic E-state index is 4.92. The summed E-state index contributed by atoms with van der Waals surface area (Å²) in [7, 11) is 3.91. The van der Waals surface area contributed by atoms with E-state index >= 15 is 0 Å². The number of hydrogen-bond donors (Lipinski definition) is 2. The second-order valence-electron chi connectivity index (χ2n) is 7.86. The number of amidine groups is 2. The van der Waals surface area contributed by atoms with E-state index in [4.69, 9.17) is 9.98 Å². The van der Waals surface area contributed by atoms with Crippen LogP contribution in [0.3, 0.4) is 0 Å². The van der Waals surface area contributed by atoms with Crippen LogP contribution in [0.5, 0.6) is 0 Å². The number of aliphatic imine (C=N–C) groups is 3. The van der Waals surface area contributed by atoms with Crippen LogP contribution in [-0.2, 0) is 7.05 Å². The lowest BCUT2D eigenvalue weighted by Gasteiger charge is -2.30. The Morgan fingerprint density at radius 2 is 2.13 bits per heavy atom. The molecule has 160 valence electrons. The molecule has 0 saturated carbocycles. The van der Waals surface area contributed by atoms with Gasteiger partial charge >= 0.3 is 0 Å². The molecule has 9 nitrogen and oxygen atoms in total. The smallest absolute Gasteiger partial charge is 0.174 e. The van der Waals surface area contributed by atoms with Crippen molar-refractivity contribution in [1.29, 1.82) is 0 Å². The largest absolute Gasteiger partial charge is 0.339 e. The number of nitrogens with one attached hydrogen (secondary N) is 2. The summed E-state index contributed by atoms with van der Waals surface area (Å²) in [5.41, 5.74) is 4.30. The summed E-state index contributed by atoms with van der Waals surface area (Å²) in [5, 5.41) is 11.1. The number of aromatic nitrogens is 2. The molecule has 9 heteroatoms. The molecule has 0 spiro atoms. The Labute approximate surface area is 181 Å². The van der Waals surface area contributed by atoms with E-state index in [9.17, 15) is 0 Å². The van der Waals surface area contributed by atoms with Crippen LogP contribution in [0.15, 0.2) is 63.5 Å². The van der Waals surface area contributed by atoms with Crippen LogP contribution < -0.4 is 15.5 Å². The Morgan fingerprint density at radius 1 is 1.26 bits per heavy atom. The Hall–Kier alpha value is -3.46. The predicted molar refractivity (Wildman–Crippen MR) is 124 cm³/mol. The third kappa shape index (κ3) is 3.96. The molecule has 2 aromatic rings.